The number of benzene rings is 1. The van der Waals surface area contributed by atoms with Crippen LogP contribution in [0, 0.1) is 0 Å². The molecule has 98 valence electrons. The number of hydrogen-bond acceptors (Lipinski definition) is 4. The van der Waals surface area contributed by atoms with Crippen LogP contribution < -0.4 is 10.1 Å². The van der Waals surface area contributed by atoms with E-state index in [0.717, 1.165) is 31.7 Å². The summed E-state index contributed by atoms with van der Waals surface area (Å²) in [6.07, 6.45) is 1.92. The molecule has 1 fully saturated rings. The molecule has 0 bridgehead atoms. The van der Waals surface area contributed by atoms with Crippen molar-refractivity contribution in [3.63, 3.8) is 0 Å². The number of aromatic hydroxyl groups is 1. The summed E-state index contributed by atoms with van der Waals surface area (Å²) in [7, 11) is 1.55. The van der Waals surface area contributed by atoms with Crippen LogP contribution >= 0.6 is 0 Å². The van der Waals surface area contributed by atoms with Crippen LogP contribution in [0.25, 0.3) is 0 Å². The fourth-order valence-corrected chi connectivity index (χ4v) is 2.35. The molecule has 2 rings (SSSR count). The summed E-state index contributed by atoms with van der Waals surface area (Å²) in [6, 6.07) is 5.67. The van der Waals surface area contributed by atoms with Gasteiger partial charge in [-0.25, -0.2) is 0 Å². The molecule has 0 saturated carbocycles. The molecule has 0 spiro atoms. The minimum Gasteiger partial charge on any atom is -0.504 e. The van der Waals surface area contributed by atoms with Crippen molar-refractivity contribution in [1.29, 1.82) is 0 Å². The molecule has 18 heavy (non-hydrogen) atoms. The SMILES string of the molecule is C=C[C@H](c1ccc(OC)c(O)c1)N1CCNCC1. The predicted molar refractivity (Wildman–Crippen MR) is 72.0 cm³/mol. The number of ether oxygens (including phenoxy) is 1. The third-order valence-corrected chi connectivity index (χ3v) is 3.31. The topological polar surface area (TPSA) is 44.7 Å². The van der Waals surface area contributed by atoms with E-state index in [2.05, 4.69) is 16.8 Å². The van der Waals surface area contributed by atoms with Gasteiger partial charge in [-0.05, 0) is 17.7 Å². The Balaban J connectivity index is 2.21. The standard InChI is InChI=1S/C14H20N2O2/c1-3-12(16-8-6-15-7-9-16)11-4-5-14(18-2)13(17)10-11/h3-5,10,12,15,17H,1,6-9H2,2H3/t12-/m1/s1. The van der Waals surface area contributed by atoms with Crippen LogP contribution in [-0.4, -0.2) is 43.3 Å². The summed E-state index contributed by atoms with van der Waals surface area (Å²) in [6.45, 7) is 7.87. The quantitative estimate of drug-likeness (QED) is 0.793. The first-order valence-electron chi connectivity index (χ1n) is 6.20. The first-order chi connectivity index (χ1) is 8.76. The monoisotopic (exact) mass is 248 g/mol. The van der Waals surface area contributed by atoms with Gasteiger partial charge in [0.15, 0.2) is 11.5 Å². The van der Waals surface area contributed by atoms with Crippen molar-refractivity contribution in [3.8, 4) is 11.5 Å². The molecule has 4 heteroatoms. The Morgan fingerprint density at radius 2 is 2.17 bits per heavy atom. The molecular weight excluding hydrogens is 228 g/mol. The summed E-state index contributed by atoms with van der Waals surface area (Å²) in [5.41, 5.74) is 1.05. The third-order valence-electron chi connectivity index (χ3n) is 3.31. The van der Waals surface area contributed by atoms with Crippen molar-refractivity contribution in [1.82, 2.24) is 10.2 Å². The predicted octanol–water partition coefficient (Wildman–Crippen LogP) is 1.53. The average molecular weight is 248 g/mol. The molecule has 1 aliphatic rings. The molecule has 0 aromatic heterocycles. The third kappa shape index (κ3) is 2.66. The van der Waals surface area contributed by atoms with Gasteiger partial charge in [0.05, 0.1) is 13.2 Å². The minimum atomic E-state index is 0.143. The highest BCUT2D eigenvalue weighted by molar-refractivity contribution is 5.43. The van der Waals surface area contributed by atoms with Crippen molar-refractivity contribution in [2.24, 2.45) is 0 Å². The number of nitrogens with one attached hydrogen (secondary N) is 1. The van der Waals surface area contributed by atoms with Gasteiger partial charge in [0.25, 0.3) is 0 Å². The Morgan fingerprint density at radius 1 is 1.44 bits per heavy atom. The molecule has 0 aliphatic carbocycles. The van der Waals surface area contributed by atoms with Gasteiger partial charge in [0, 0.05) is 26.2 Å². The van der Waals surface area contributed by atoms with E-state index in [0.29, 0.717) is 5.75 Å². The number of methoxy groups -OCH3 is 1. The van der Waals surface area contributed by atoms with Crippen LogP contribution in [0.4, 0.5) is 0 Å². The number of hydrogen-bond donors (Lipinski definition) is 2. The van der Waals surface area contributed by atoms with E-state index < -0.39 is 0 Å². The summed E-state index contributed by atoms with van der Waals surface area (Å²) >= 11 is 0. The van der Waals surface area contributed by atoms with Crippen molar-refractivity contribution in [2.45, 2.75) is 6.04 Å². The molecule has 0 amide bonds. The zero-order valence-corrected chi connectivity index (χ0v) is 10.7. The summed E-state index contributed by atoms with van der Waals surface area (Å²) in [5.74, 6) is 0.679. The van der Waals surface area contributed by atoms with Gasteiger partial charge >= 0.3 is 0 Å². The van der Waals surface area contributed by atoms with Crippen molar-refractivity contribution < 1.29 is 9.84 Å². The average Bonchev–Trinajstić information content (AvgIpc) is 2.41. The Hall–Kier alpha value is -1.52. The first-order valence-corrected chi connectivity index (χ1v) is 6.20. The second-order valence-electron chi connectivity index (χ2n) is 4.40. The molecule has 2 N–H and O–H groups in total. The summed E-state index contributed by atoms with van der Waals surface area (Å²) < 4.78 is 5.06. The minimum absolute atomic E-state index is 0.143. The maximum Gasteiger partial charge on any atom is 0.160 e. The summed E-state index contributed by atoms with van der Waals surface area (Å²) in [5, 5.41) is 13.2. The van der Waals surface area contributed by atoms with E-state index in [1.54, 1.807) is 19.2 Å². The van der Waals surface area contributed by atoms with Crippen LogP contribution in [0.2, 0.25) is 0 Å². The van der Waals surface area contributed by atoms with Crippen LogP contribution in [0.1, 0.15) is 11.6 Å². The molecule has 0 unspecified atom stereocenters. The van der Waals surface area contributed by atoms with E-state index in [1.807, 2.05) is 12.1 Å². The Bertz CT molecular complexity index is 414. The Morgan fingerprint density at radius 3 is 2.72 bits per heavy atom. The van der Waals surface area contributed by atoms with Gasteiger partial charge < -0.3 is 15.2 Å². The normalized spacial score (nSPS) is 18.3. The van der Waals surface area contributed by atoms with Crippen LogP contribution in [0.15, 0.2) is 30.9 Å². The van der Waals surface area contributed by atoms with Gasteiger partial charge in [0.1, 0.15) is 0 Å². The van der Waals surface area contributed by atoms with Gasteiger partial charge in [-0.3, -0.25) is 4.90 Å². The van der Waals surface area contributed by atoms with E-state index >= 15 is 0 Å². The van der Waals surface area contributed by atoms with E-state index in [4.69, 9.17) is 4.74 Å². The van der Waals surface area contributed by atoms with Crippen LogP contribution in [-0.2, 0) is 0 Å². The second-order valence-corrected chi connectivity index (χ2v) is 4.40. The second kappa shape index (κ2) is 5.89. The van der Waals surface area contributed by atoms with Crippen molar-refractivity contribution in [3.05, 3.63) is 36.4 Å². The first kappa shape index (κ1) is 12.9. The molecule has 1 heterocycles. The fourth-order valence-electron chi connectivity index (χ4n) is 2.35. The highest BCUT2D eigenvalue weighted by Crippen LogP contribution is 2.31. The lowest BCUT2D eigenvalue weighted by molar-refractivity contribution is 0.203. The van der Waals surface area contributed by atoms with Crippen LogP contribution in [0.5, 0.6) is 11.5 Å². The zero-order chi connectivity index (χ0) is 13.0. The highest BCUT2D eigenvalue weighted by atomic mass is 16.5. The maximum absolute atomic E-state index is 9.84. The van der Waals surface area contributed by atoms with Gasteiger partial charge in [0.2, 0.25) is 0 Å². The highest BCUT2D eigenvalue weighted by Gasteiger charge is 2.20. The summed E-state index contributed by atoms with van der Waals surface area (Å²) in [4.78, 5) is 2.35. The smallest absolute Gasteiger partial charge is 0.160 e. The number of rotatable bonds is 4. The molecule has 1 aromatic carbocycles. The van der Waals surface area contributed by atoms with Gasteiger partial charge in [-0.1, -0.05) is 12.1 Å². The number of phenolic OH excluding ortho intramolecular Hbond substituents is 1. The lowest BCUT2D eigenvalue weighted by Crippen LogP contribution is -2.44. The number of piperazine rings is 1. The fraction of sp³-hybridized carbons (Fsp3) is 0.429. The molecule has 4 nitrogen and oxygen atoms in total. The Kier molecular flexibility index (Phi) is 4.23. The Labute approximate surface area is 108 Å². The van der Waals surface area contributed by atoms with Gasteiger partial charge in [-0.15, -0.1) is 6.58 Å². The number of phenols is 1. The molecule has 1 saturated heterocycles. The van der Waals surface area contributed by atoms with E-state index in [9.17, 15) is 5.11 Å². The van der Waals surface area contributed by atoms with E-state index in [1.165, 1.54) is 0 Å². The lowest BCUT2D eigenvalue weighted by Gasteiger charge is -2.33. The molecule has 0 radical (unpaired) electrons. The molecule has 1 aliphatic heterocycles. The lowest BCUT2D eigenvalue weighted by atomic mass is 10.0. The molecular formula is C14H20N2O2. The molecule has 1 aromatic rings. The largest absolute Gasteiger partial charge is 0.504 e. The van der Waals surface area contributed by atoms with Crippen molar-refractivity contribution >= 4 is 0 Å². The number of nitrogens with zero attached hydrogens (tertiary/aromatic N) is 1. The maximum atomic E-state index is 9.84. The van der Waals surface area contributed by atoms with E-state index in [-0.39, 0.29) is 11.8 Å². The van der Waals surface area contributed by atoms with Gasteiger partial charge in [-0.2, -0.15) is 0 Å². The van der Waals surface area contributed by atoms with Crippen LogP contribution in [0.3, 0.4) is 0 Å². The zero-order valence-electron chi connectivity index (χ0n) is 10.7. The van der Waals surface area contributed by atoms with Crippen molar-refractivity contribution in [2.75, 3.05) is 33.3 Å². The molecule has 1 atom stereocenters.